The molecular weight excluding hydrogens is 467 g/mol. The lowest BCUT2D eigenvalue weighted by molar-refractivity contribution is -0.142. The second-order valence-electron chi connectivity index (χ2n) is 8.85. The highest BCUT2D eigenvalue weighted by atomic mass is 35.5. The number of fused-ring (bicyclic) bond motifs is 1. The maximum atomic E-state index is 14.1. The molecule has 1 unspecified atom stereocenters. The lowest BCUT2D eigenvalue weighted by Crippen LogP contribution is -2.50. The second-order valence-corrected chi connectivity index (χ2v) is 9.25. The van der Waals surface area contributed by atoms with Crippen molar-refractivity contribution in [2.75, 3.05) is 24.5 Å². The van der Waals surface area contributed by atoms with Gasteiger partial charge in [-0.25, -0.2) is 0 Å². The van der Waals surface area contributed by atoms with Crippen molar-refractivity contribution in [2.45, 2.75) is 44.5 Å². The quantitative estimate of drug-likeness (QED) is 0.622. The van der Waals surface area contributed by atoms with Crippen molar-refractivity contribution in [1.29, 1.82) is 5.26 Å². The average molecular weight is 492 g/mol. The summed E-state index contributed by atoms with van der Waals surface area (Å²) in [6.45, 7) is 6.09. The molecular formula is C25H25ClF3N3O2. The van der Waals surface area contributed by atoms with Crippen molar-refractivity contribution in [3.8, 4) is 6.07 Å². The molecule has 0 spiro atoms. The van der Waals surface area contributed by atoms with Crippen LogP contribution in [-0.2, 0) is 16.6 Å². The van der Waals surface area contributed by atoms with Gasteiger partial charge in [0, 0.05) is 28.7 Å². The van der Waals surface area contributed by atoms with Gasteiger partial charge in [0.25, 0.3) is 5.91 Å². The molecule has 1 fully saturated rings. The van der Waals surface area contributed by atoms with Gasteiger partial charge >= 0.3 is 6.18 Å². The molecule has 1 heterocycles. The molecule has 0 saturated heterocycles. The van der Waals surface area contributed by atoms with Gasteiger partial charge < -0.3 is 14.9 Å². The van der Waals surface area contributed by atoms with E-state index in [-0.39, 0.29) is 34.3 Å². The number of carbonyl (C=O) groups excluding carboxylic acids is 1. The highest BCUT2D eigenvalue weighted by Gasteiger charge is 2.57. The normalized spacial score (nSPS) is 24.2. The first-order valence-electron chi connectivity index (χ1n) is 11.2. The van der Waals surface area contributed by atoms with Crippen LogP contribution in [0, 0.1) is 17.2 Å². The summed E-state index contributed by atoms with van der Waals surface area (Å²) >= 11 is 6.26. The van der Waals surface area contributed by atoms with E-state index in [2.05, 4.69) is 18.7 Å². The predicted octanol–water partition coefficient (Wildman–Crippen LogP) is 4.93. The molecule has 5 nitrogen and oxygen atoms in total. The highest BCUT2D eigenvalue weighted by Crippen LogP contribution is 2.52. The zero-order chi connectivity index (χ0) is 24.8. The SMILES string of the molecule is CCN(CC)C1CC(CN2C(=O)C(O)(c3ccccc3Cl)c3c2cc(C#N)cc3C(F)(F)F)C1. The van der Waals surface area contributed by atoms with Gasteiger partial charge in [0.1, 0.15) is 0 Å². The Morgan fingerprint density at radius 2 is 1.88 bits per heavy atom. The van der Waals surface area contributed by atoms with E-state index in [9.17, 15) is 28.3 Å². The fourth-order valence-electron chi connectivity index (χ4n) is 5.25. The Labute approximate surface area is 201 Å². The molecule has 1 aliphatic heterocycles. The summed E-state index contributed by atoms with van der Waals surface area (Å²) in [6.07, 6.45) is -3.29. The Bertz CT molecular complexity index is 1150. The highest BCUT2D eigenvalue weighted by molar-refractivity contribution is 6.32. The minimum absolute atomic E-state index is 0.0196. The summed E-state index contributed by atoms with van der Waals surface area (Å²) in [4.78, 5) is 17.2. The number of alkyl halides is 3. The van der Waals surface area contributed by atoms with E-state index < -0.39 is 28.8 Å². The molecule has 1 saturated carbocycles. The van der Waals surface area contributed by atoms with Crippen molar-refractivity contribution in [3.05, 3.63) is 63.7 Å². The number of rotatable bonds is 6. The Morgan fingerprint density at radius 3 is 2.44 bits per heavy atom. The summed E-state index contributed by atoms with van der Waals surface area (Å²) < 4.78 is 42.4. The molecule has 0 radical (unpaired) electrons. The number of halogens is 4. The molecule has 2 aliphatic rings. The van der Waals surface area contributed by atoms with Crippen molar-refractivity contribution in [3.63, 3.8) is 0 Å². The standard InChI is InChI=1S/C25H25ClF3N3O2/c1-3-31(4-2)17-9-16(10-17)14-32-21-12-15(13-30)11-19(25(27,28)29)22(21)24(34,23(32)33)18-7-5-6-8-20(18)26/h5-8,11-12,16-17,34H,3-4,9-10,14H2,1-2H3. The molecule has 0 aromatic heterocycles. The summed E-state index contributed by atoms with van der Waals surface area (Å²) in [5, 5.41) is 21.1. The van der Waals surface area contributed by atoms with Crippen LogP contribution in [0.5, 0.6) is 0 Å². The third kappa shape index (κ3) is 3.86. The van der Waals surface area contributed by atoms with Crippen LogP contribution in [0.15, 0.2) is 36.4 Å². The van der Waals surface area contributed by atoms with E-state index in [0.29, 0.717) is 12.1 Å². The Kier molecular flexibility index (Phi) is 6.40. The number of aliphatic hydroxyl groups is 1. The molecule has 9 heteroatoms. The fraction of sp³-hybridized carbons (Fsp3) is 0.440. The van der Waals surface area contributed by atoms with Crippen LogP contribution in [0.2, 0.25) is 5.02 Å². The molecule has 1 amide bonds. The van der Waals surface area contributed by atoms with E-state index in [0.717, 1.165) is 25.9 Å². The van der Waals surface area contributed by atoms with E-state index in [1.807, 2.05) is 0 Å². The summed E-state index contributed by atoms with van der Waals surface area (Å²) in [7, 11) is 0. The van der Waals surface area contributed by atoms with Crippen molar-refractivity contribution in [2.24, 2.45) is 5.92 Å². The predicted molar refractivity (Wildman–Crippen MR) is 122 cm³/mol. The van der Waals surface area contributed by atoms with Gasteiger partial charge in [0.2, 0.25) is 0 Å². The number of anilines is 1. The first-order chi connectivity index (χ1) is 16.1. The maximum absolute atomic E-state index is 14.1. The number of nitriles is 1. The molecule has 1 N–H and O–H groups in total. The molecule has 1 aliphatic carbocycles. The van der Waals surface area contributed by atoms with Gasteiger partial charge in [-0.3, -0.25) is 4.79 Å². The maximum Gasteiger partial charge on any atom is 0.416 e. The van der Waals surface area contributed by atoms with Crippen LogP contribution in [0.3, 0.4) is 0 Å². The molecule has 2 aromatic carbocycles. The van der Waals surface area contributed by atoms with Crippen LogP contribution in [0.4, 0.5) is 18.9 Å². The van der Waals surface area contributed by atoms with Gasteiger partial charge in [-0.1, -0.05) is 43.6 Å². The summed E-state index contributed by atoms with van der Waals surface area (Å²) in [5.74, 6) is -0.821. The Balaban J connectivity index is 1.82. The molecule has 2 aromatic rings. The number of nitrogens with zero attached hydrogens (tertiary/aromatic N) is 3. The smallest absolute Gasteiger partial charge is 0.372 e. The first-order valence-corrected chi connectivity index (χ1v) is 11.6. The average Bonchev–Trinajstić information content (AvgIpc) is 2.99. The van der Waals surface area contributed by atoms with Gasteiger partial charge in [-0.15, -0.1) is 0 Å². The summed E-state index contributed by atoms with van der Waals surface area (Å²) in [5.41, 5.74) is -4.84. The van der Waals surface area contributed by atoms with E-state index in [1.54, 1.807) is 12.1 Å². The molecule has 0 bridgehead atoms. The number of amides is 1. The number of benzene rings is 2. The number of carbonyl (C=O) groups is 1. The van der Waals surface area contributed by atoms with Crippen molar-refractivity contribution >= 4 is 23.2 Å². The molecule has 180 valence electrons. The van der Waals surface area contributed by atoms with Gasteiger partial charge in [0.15, 0.2) is 5.60 Å². The third-order valence-electron chi connectivity index (χ3n) is 7.00. The fourth-order valence-corrected chi connectivity index (χ4v) is 5.52. The van der Waals surface area contributed by atoms with Crippen LogP contribution >= 0.6 is 11.6 Å². The van der Waals surface area contributed by atoms with Gasteiger partial charge in [0.05, 0.1) is 22.9 Å². The molecule has 4 rings (SSSR count). The van der Waals surface area contributed by atoms with Crippen LogP contribution in [0.25, 0.3) is 0 Å². The number of hydrogen-bond acceptors (Lipinski definition) is 4. The molecule has 34 heavy (non-hydrogen) atoms. The van der Waals surface area contributed by atoms with Crippen LogP contribution in [0.1, 0.15) is 48.9 Å². The van der Waals surface area contributed by atoms with E-state index in [1.165, 1.54) is 29.2 Å². The first kappa shape index (κ1) is 24.5. The topological polar surface area (TPSA) is 67.6 Å². The van der Waals surface area contributed by atoms with Crippen LogP contribution < -0.4 is 4.90 Å². The van der Waals surface area contributed by atoms with E-state index >= 15 is 0 Å². The largest absolute Gasteiger partial charge is 0.416 e. The second kappa shape index (κ2) is 8.88. The molecule has 1 atom stereocenters. The van der Waals surface area contributed by atoms with Gasteiger partial charge in [-0.05, 0) is 50.0 Å². The summed E-state index contributed by atoms with van der Waals surface area (Å²) in [6, 6.07) is 9.88. The Morgan fingerprint density at radius 1 is 1.24 bits per heavy atom. The van der Waals surface area contributed by atoms with Crippen molar-refractivity contribution < 1.29 is 23.1 Å². The third-order valence-corrected chi connectivity index (χ3v) is 7.33. The number of hydrogen-bond donors (Lipinski definition) is 1. The zero-order valence-corrected chi connectivity index (χ0v) is 19.6. The van der Waals surface area contributed by atoms with E-state index in [4.69, 9.17) is 11.6 Å². The monoisotopic (exact) mass is 491 g/mol. The zero-order valence-electron chi connectivity index (χ0n) is 18.9. The van der Waals surface area contributed by atoms with Gasteiger partial charge in [-0.2, -0.15) is 18.4 Å². The lowest BCUT2D eigenvalue weighted by Gasteiger charge is -2.43. The lowest BCUT2D eigenvalue weighted by atomic mass is 9.78. The Hall–Kier alpha value is -2.60. The van der Waals surface area contributed by atoms with Crippen LogP contribution in [-0.4, -0.2) is 41.6 Å². The van der Waals surface area contributed by atoms with Crippen molar-refractivity contribution in [1.82, 2.24) is 4.90 Å². The minimum Gasteiger partial charge on any atom is -0.372 e. The minimum atomic E-state index is -4.90.